The molecule has 9 heteroatoms. The number of anilines is 1. The minimum Gasteiger partial charge on any atom is -0.493 e. The van der Waals surface area contributed by atoms with E-state index >= 15 is 0 Å². The van der Waals surface area contributed by atoms with Crippen LogP contribution in [0.2, 0.25) is 0 Å². The van der Waals surface area contributed by atoms with Gasteiger partial charge >= 0.3 is 0 Å². The summed E-state index contributed by atoms with van der Waals surface area (Å²) in [5.74, 6) is 1.15. The van der Waals surface area contributed by atoms with Crippen LogP contribution in [0.1, 0.15) is 57.6 Å². The van der Waals surface area contributed by atoms with Crippen LogP contribution in [0.25, 0.3) is 0 Å². The van der Waals surface area contributed by atoms with Crippen molar-refractivity contribution in [2.45, 2.75) is 78.2 Å². The Hall–Kier alpha value is -2.72. The minimum atomic E-state index is -0.788. The zero-order valence-corrected chi connectivity index (χ0v) is 24.9. The van der Waals surface area contributed by atoms with E-state index in [9.17, 15) is 9.90 Å². The van der Waals surface area contributed by atoms with Gasteiger partial charge < -0.3 is 35.7 Å². The topological polar surface area (TPSA) is 128 Å². The average molecular weight is 559 g/mol. The van der Waals surface area contributed by atoms with Crippen molar-refractivity contribution in [2.75, 3.05) is 38.8 Å². The highest BCUT2D eigenvalue weighted by Crippen LogP contribution is 2.21. The predicted molar refractivity (Wildman–Crippen MR) is 159 cm³/mol. The quantitative estimate of drug-likeness (QED) is 0.179. The third kappa shape index (κ3) is 12.2. The molecular formula is C31H50N4O5. The van der Waals surface area contributed by atoms with Crippen LogP contribution in [0.3, 0.4) is 0 Å². The van der Waals surface area contributed by atoms with Crippen molar-refractivity contribution in [2.24, 2.45) is 17.6 Å². The molecule has 1 aromatic heterocycles. The van der Waals surface area contributed by atoms with Crippen molar-refractivity contribution in [1.82, 2.24) is 10.3 Å². The molecule has 1 heterocycles. The third-order valence-corrected chi connectivity index (χ3v) is 7.20. The molecule has 0 bridgehead atoms. The Morgan fingerprint density at radius 1 is 1.15 bits per heavy atom. The maximum absolute atomic E-state index is 13.2. The van der Waals surface area contributed by atoms with Crippen LogP contribution in [-0.4, -0.2) is 67.7 Å². The Balaban J connectivity index is 1.82. The van der Waals surface area contributed by atoms with E-state index in [1.807, 2.05) is 43.3 Å². The maximum atomic E-state index is 13.2. The number of aryl methyl sites for hydroxylation is 1. The number of methoxy groups -OCH3 is 1. The van der Waals surface area contributed by atoms with Crippen molar-refractivity contribution in [3.05, 3.63) is 53.7 Å². The number of pyridine rings is 1. The van der Waals surface area contributed by atoms with Crippen LogP contribution >= 0.6 is 0 Å². The molecule has 4 unspecified atom stereocenters. The lowest BCUT2D eigenvalue weighted by Crippen LogP contribution is -2.48. The van der Waals surface area contributed by atoms with Crippen molar-refractivity contribution in [3.8, 4) is 5.75 Å². The van der Waals surface area contributed by atoms with Gasteiger partial charge in [0.2, 0.25) is 5.91 Å². The Morgan fingerprint density at radius 2 is 1.95 bits per heavy atom. The van der Waals surface area contributed by atoms with Gasteiger partial charge in [-0.05, 0) is 61.9 Å². The molecule has 5 N–H and O–H groups in total. The average Bonchev–Trinajstić information content (AvgIpc) is 2.94. The standard InChI is InChI=1S/C31H50N4O5/c1-6-22(2)28(19-34-30-10-7-8-15-33-30)35-31(37)27(24(4)36)14-13-26(32)21-39-20-25-12-11-23(3)29(18-25)40-17-9-16-38-5/h7-8,10-12,15,18,22,24,26-28,36H,6,9,13-14,16-17,19-21,32H2,1-5H3,(H,33,34)(H,35,37)/t22?,24?,26?,27-,28?/m0/s1. The second-order valence-corrected chi connectivity index (χ2v) is 10.6. The minimum absolute atomic E-state index is 0.0962. The van der Waals surface area contributed by atoms with Crippen LogP contribution in [-0.2, 0) is 20.9 Å². The van der Waals surface area contributed by atoms with E-state index in [1.54, 1.807) is 20.2 Å². The molecule has 0 saturated heterocycles. The second kappa shape index (κ2) is 18.6. The van der Waals surface area contributed by atoms with Crippen LogP contribution in [0, 0.1) is 18.8 Å². The van der Waals surface area contributed by atoms with Gasteiger partial charge in [0.15, 0.2) is 0 Å². The van der Waals surface area contributed by atoms with Gasteiger partial charge in [0.25, 0.3) is 0 Å². The largest absolute Gasteiger partial charge is 0.493 e. The molecule has 5 atom stereocenters. The van der Waals surface area contributed by atoms with Crippen LogP contribution in [0.5, 0.6) is 5.75 Å². The first-order valence-corrected chi connectivity index (χ1v) is 14.4. The molecule has 2 aromatic rings. The summed E-state index contributed by atoms with van der Waals surface area (Å²) in [5, 5.41) is 16.9. The summed E-state index contributed by atoms with van der Waals surface area (Å²) >= 11 is 0. The monoisotopic (exact) mass is 558 g/mol. The molecule has 0 aliphatic rings. The van der Waals surface area contributed by atoms with E-state index in [-0.39, 0.29) is 23.9 Å². The number of aromatic nitrogens is 1. The SMILES string of the molecule is CCC(C)C(CNc1ccccn1)NC(=O)[C@@H](CCC(N)COCc1ccc(C)c(OCCCOC)c1)C(C)O. The van der Waals surface area contributed by atoms with E-state index in [0.29, 0.717) is 45.8 Å². The molecular weight excluding hydrogens is 508 g/mol. The number of aliphatic hydroxyl groups excluding tert-OH is 1. The van der Waals surface area contributed by atoms with Crippen LogP contribution in [0.15, 0.2) is 42.6 Å². The number of carbonyl (C=O) groups is 1. The normalized spacial score (nSPS) is 15.1. The van der Waals surface area contributed by atoms with Gasteiger partial charge in [0.1, 0.15) is 11.6 Å². The van der Waals surface area contributed by atoms with E-state index in [2.05, 4.69) is 29.5 Å². The van der Waals surface area contributed by atoms with Gasteiger partial charge in [-0.25, -0.2) is 4.98 Å². The van der Waals surface area contributed by atoms with Gasteiger partial charge in [-0.2, -0.15) is 0 Å². The number of ether oxygens (including phenoxy) is 3. The van der Waals surface area contributed by atoms with E-state index < -0.39 is 12.0 Å². The summed E-state index contributed by atoms with van der Waals surface area (Å²) in [6, 6.07) is 11.4. The molecule has 0 saturated carbocycles. The van der Waals surface area contributed by atoms with Crippen LogP contribution < -0.4 is 21.1 Å². The predicted octanol–water partition coefficient (Wildman–Crippen LogP) is 4.07. The number of carbonyl (C=O) groups excluding carboxylic acids is 1. The van der Waals surface area contributed by atoms with E-state index in [0.717, 1.165) is 35.5 Å². The number of nitrogens with zero attached hydrogens (tertiary/aromatic N) is 1. The van der Waals surface area contributed by atoms with E-state index in [1.165, 1.54) is 0 Å². The highest BCUT2D eigenvalue weighted by atomic mass is 16.5. The number of hydrogen-bond acceptors (Lipinski definition) is 8. The van der Waals surface area contributed by atoms with Gasteiger partial charge in [-0.15, -0.1) is 0 Å². The summed E-state index contributed by atoms with van der Waals surface area (Å²) in [6.45, 7) is 10.5. The summed E-state index contributed by atoms with van der Waals surface area (Å²) < 4.78 is 16.8. The molecule has 0 radical (unpaired) electrons. The number of rotatable bonds is 20. The Labute approximate surface area is 240 Å². The number of amides is 1. The fourth-order valence-corrected chi connectivity index (χ4v) is 4.32. The fraction of sp³-hybridized carbons (Fsp3) is 0.613. The van der Waals surface area contributed by atoms with Crippen molar-refractivity contribution >= 4 is 11.7 Å². The van der Waals surface area contributed by atoms with Gasteiger partial charge in [-0.3, -0.25) is 4.79 Å². The highest BCUT2D eigenvalue weighted by Gasteiger charge is 2.28. The zero-order chi connectivity index (χ0) is 29.3. The number of aliphatic hydroxyl groups is 1. The van der Waals surface area contributed by atoms with Crippen molar-refractivity contribution in [1.29, 1.82) is 0 Å². The summed E-state index contributed by atoms with van der Waals surface area (Å²) in [5.41, 5.74) is 8.41. The lowest BCUT2D eigenvalue weighted by atomic mass is 9.92. The van der Waals surface area contributed by atoms with Crippen molar-refractivity contribution in [3.63, 3.8) is 0 Å². The highest BCUT2D eigenvalue weighted by molar-refractivity contribution is 5.79. The van der Waals surface area contributed by atoms with Gasteiger partial charge in [0.05, 0.1) is 31.8 Å². The molecule has 0 aliphatic heterocycles. The first kappa shape index (κ1) is 33.5. The molecule has 0 fully saturated rings. The first-order valence-electron chi connectivity index (χ1n) is 14.4. The molecule has 0 aliphatic carbocycles. The van der Waals surface area contributed by atoms with Gasteiger partial charge in [0, 0.05) is 45.0 Å². The number of nitrogens with one attached hydrogen (secondary N) is 2. The molecule has 2 rings (SSSR count). The summed E-state index contributed by atoms with van der Waals surface area (Å²) in [7, 11) is 1.68. The summed E-state index contributed by atoms with van der Waals surface area (Å²) in [6.07, 6.45) is 3.72. The summed E-state index contributed by atoms with van der Waals surface area (Å²) in [4.78, 5) is 17.5. The van der Waals surface area contributed by atoms with Crippen LogP contribution in [0.4, 0.5) is 5.82 Å². The Morgan fingerprint density at radius 3 is 2.62 bits per heavy atom. The first-order chi connectivity index (χ1) is 19.2. The smallest absolute Gasteiger partial charge is 0.225 e. The van der Waals surface area contributed by atoms with E-state index in [4.69, 9.17) is 19.9 Å². The molecule has 1 aromatic carbocycles. The molecule has 1 amide bonds. The maximum Gasteiger partial charge on any atom is 0.225 e. The molecule has 224 valence electrons. The fourth-order valence-electron chi connectivity index (χ4n) is 4.32. The lowest BCUT2D eigenvalue weighted by molar-refractivity contribution is -0.129. The third-order valence-electron chi connectivity index (χ3n) is 7.20. The van der Waals surface area contributed by atoms with Crippen molar-refractivity contribution < 1.29 is 24.1 Å². The molecule has 0 spiro atoms. The Bertz CT molecular complexity index is 975. The number of benzene rings is 1. The second-order valence-electron chi connectivity index (χ2n) is 10.6. The Kier molecular flexibility index (Phi) is 15.6. The molecule has 9 nitrogen and oxygen atoms in total. The number of hydrogen-bond donors (Lipinski definition) is 4. The zero-order valence-electron chi connectivity index (χ0n) is 24.9. The lowest BCUT2D eigenvalue weighted by Gasteiger charge is -2.28. The van der Waals surface area contributed by atoms with Gasteiger partial charge in [-0.1, -0.05) is 38.5 Å². The number of nitrogens with two attached hydrogens (primary N) is 1. The molecule has 40 heavy (non-hydrogen) atoms.